The topological polar surface area (TPSA) is 130 Å². The third-order valence-corrected chi connectivity index (χ3v) is 3.64. The zero-order chi connectivity index (χ0) is 16.1. The number of ether oxygens (including phenoxy) is 1. The van der Waals surface area contributed by atoms with E-state index in [0.717, 1.165) is 57.8 Å². The first-order valence-corrected chi connectivity index (χ1v) is 7.76. The van der Waals surface area contributed by atoms with Crippen LogP contribution in [0.3, 0.4) is 0 Å². The summed E-state index contributed by atoms with van der Waals surface area (Å²) in [6.45, 7) is 0. The van der Waals surface area contributed by atoms with Gasteiger partial charge in [-0.2, -0.15) is 0 Å². The Bertz CT molecular complexity index is 332. The van der Waals surface area contributed by atoms with Gasteiger partial charge in [0.1, 0.15) is 0 Å². The highest BCUT2D eigenvalue weighted by atomic mass is 16.5. The highest BCUT2D eigenvalue weighted by molar-refractivity contribution is 5.74. The lowest BCUT2D eigenvalue weighted by atomic mass is 9.90. The summed E-state index contributed by atoms with van der Waals surface area (Å²) in [4.78, 5) is 11.0. The van der Waals surface area contributed by atoms with Crippen molar-refractivity contribution in [3.05, 3.63) is 0 Å². The van der Waals surface area contributed by atoms with Crippen molar-refractivity contribution in [1.82, 2.24) is 0 Å². The third-order valence-electron chi connectivity index (χ3n) is 3.64. The van der Waals surface area contributed by atoms with Gasteiger partial charge in [0.2, 0.25) is 11.7 Å². The number of unbranched alkanes of at least 4 members (excludes halogenated alkanes) is 2. The van der Waals surface area contributed by atoms with Crippen LogP contribution in [0.25, 0.3) is 0 Å². The van der Waals surface area contributed by atoms with E-state index in [1.165, 1.54) is 7.11 Å². The molecule has 0 heterocycles. The maximum absolute atomic E-state index is 11.0. The molecule has 0 aliphatic carbocycles. The van der Waals surface area contributed by atoms with Crippen molar-refractivity contribution in [3.8, 4) is 0 Å². The van der Waals surface area contributed by atoms with Crippen LogP contribution in [0.4, 0.5) is 0 Å². The Morgan fingerprint density at radius 2 is 1.52 bits per heavy atom. The van der Waals surface area contributed by atoms with Gasteiger partial charge in [-0.15, -0.1) is 0 Å². The number of nitrogens with two attached hydrogens (primary N) is 4. The second kappa shape index (κ2) is 12.2. The molecule has 0 amide bonds. The number of rotatable bonds is 13. The average Bonchev–Trinajstić information content (AvgIpc) is 2.42. The minimum Gasteiger partial charge on any atom is -0.469 e. The molecule has 0 aromatic rings. The molecular formula is C15H32N4O2+2. The molecule has 0 aliphatic rings. The first kappa shape index (κ1) is 19.4. The average molecular weight is 300 g/mol. The summed E-state index contributed by atoms with van der Waals surface area (Å²) in [6.07, 6.45) is 9.27. The van der Waals surface area contributed by atoms with Gasteiger partial charge in [0.25, 0.3) is 0 Å². The molecule has 0 rings (SSSR count). The Balaban J connectivity index is 3.88. The Hall–Kier alpha value is -1.59. The first-order chi connectivity index (χ1) is 9.95. The number of carbonyl (C=O) groups is 1. The summed E-state index contributed by atoms with van der Waals surface area (Å²) >= 11 is 0. The van der Waals surface area contributed by atoms with Crippen molar-refractivity contribution < 1.29 is 20.3 Å². The van der Waals surface area contributed by atoms with E-state index >= 15 is 0 Å². The van der Waals surface area contributed by atoms with Crippen molar-refractivity contribution in [2.24, 2.45) is 17.4 Å². The SMILES string of the molecule is COC(=O)CCCCCC(CCCC(N)=[NH2+])CCC(N)=[NH2+]. The monoisotopic (exact) mass is 300 g/mol. The van der Waals surface area contributed by atoms with Crippen LogP contribution in [0, 0.1) is 5.92 Å². The number of esters is 1. The smallest absolute Gasteiger partial charge is 0.305 e. The molecule has 0 saturated heterocycles. The van der Waals surface area contributed by atoms with E-state index in [2.05, 4.69) is 4.74 Å². The minimum atomic E-state index is -0.133. The molecule has 0 aromatic carbocycles. The summed E-state index contributed by atoms with van der Waals surface area (Å²) in [5.74, 6) is 1.45. The molecule has 0 spiro atoms. The second-order valence-electron chi connectivity index (χ2n) is 5.62. The van der Waals surface area contributed by atoms with Crippen LogP contribution in [0.5, 0.6) is 0 Å². The quantitative estimate of drug-likeness (QED) is 0.149. The van der Waals surface area contributed by atoms with E-state index < -0.39 is 0 Å². The van der Waals surface area contributed by atoms with Gasteiger partial charge >= 0.3 is 5.97 Å². The van der Waals surface area contributed by atoms with Crippen molar-refractivity contribution in [3.63, 3.8) is 0 Å². The van der Waals surface area contributed by atoms with Crippen LogP contribution < -0.4 is 22.3 Å². The summed E-state index contributed by atoms with van der Waals surface area (Å²) < 4.78 is 4.62. The van der Waals surface area contributed by atoms with Gasteiger partial charge in [-0.1, -0.05) is 19.3 Å². The molecule has 1 unspecified atom stereocenters. The summed E-state index contributed by atoms with van der Waals surface area (Å²) in [5.41, 5.74) is 11.0. The predicted octanol–water partition coefficient (Wildman–Crippen LogP) is -1.09. The highest BCUT2D eigenvalue weighted by Crippen LogP contribution is 2.21. The number of hydrogen-bond acceptors (Lipinski definition) is 2. The summed E-state index contributed by atoms with van der Waals surface area (Å²) in [7, 11) is 1.42. The van der Waals surface area contributed by atoms with Crippen molar-refractivity contribution in [2.45, 2.75) is 64.2 Å². The van der Waals surface area contributed by atoms with Crippen LogP contribution in [-0.2, 0) is 9.53 Å². The van der Waals surface area contributed by atoms with Gasteiger partial charge in [-0.05, 0) is 31.6 Å². The van der Waals surface area contributed by atoms with Crippen LogP contribution in [0.2, 0.25) is 0 Å². The van der Waals surface area contributed by atoms with E-state index in [1.54, 1.807) is 0 Å². The number of methoxy groups -OCH3 is 1. The molecule has 0 radical (unpaired) electrons. The lowest BCUT2D eigenvalue weighted by Crippen LogP contribution is -2.45. The number of carbonyl (C=O) groups excluding carboxylic acids is 1. The maximum Gasteiger partial charge on any atom is 0.305 e. The van der Waals surface area contributed by atoms with E-state index in [-0.39, 0.29) is 5.97 Å². The fourth-order valence-electron chi connectivity index (χ4n) is 2.38. The molecule has 0 aliphatic heterocycles. The van der Waals surface area contributed by atoms with Gasteiger partial charge in [-0.25, -0.2) is 0 Å². The molecule has 6 nitrogen and oxygen atoms in total. The van der Waals surface area contributed by atoms with Crippen molar-refractivity contribution in [2.75, 3.05) is 7.11 Å². The Morgan fingerprint density at radius 1 is 0.905 bits per heavy atom. The van der Waals surface area contributed by atoms with Gasteiger partial charge in [-0.3, -0.25) is 27.1 Å². The number of hydrogen-bond donors (Lipinski definition) is 4. The highest BCUT2D eigenvalue weighted by Gasteiger charge is 2.11. The van der Waals surface area contributed by atoms with Crippen LogP contribution in [-0.4, -0.2) is 24.8 Å². The second-order valence-corrected chi connectivity index (χ2v) is 5.62. The Labute approximate surface area is 127 Å². The van der Waals surface area contributed by atoms with E-state index in [1.807, 2.05) is 0 Å². The fourth-order valence-corrected chi connectivity index (χ4v) is 2.38. The Kier molecular flexibility index (Phi) is 11.3. The van der Waals surface area contributed by atoms with Gasteiger partial charge in [0.15, 0.2) is 0 Å². The van der Waals surface area contributed by atoms with E-state index in [0.29, 0.717) is 24.0 Å². The largest absolute Gasteiger partial charge is 0.469 e. The maximum atomic E-state index is 11.0. The molecule has 21 heavy (non-hydrogen) atoms. The van der Waals surface area contributed by atoms with Gasteiger partial charge in [0, 0.05) is 19.3 Å². The number of amidine groups is 2. The van der Waals surface area contributed by atoms with E-state index in [9.17, 15) is 4.79 Å². The molecular weight excluding hydrogens is 268 g/mol. The van der Waals surface area contributed by atoms with Crippen LogP contribution >= 0.6 is 0 Å². The fraction of sp³-hybridized carbons (Fsp3) is 0.800. The molecule has 122 valence electrons. The molecule has 8 N–H and O–H groups in total. The lowest BCUT2D eigenvalue weighted by Gasteiger charge is -2.15. The third kappa shape index (κ3) is 13.2. The zero-order valence-corrected chi connectivity index (χ0v) is 13.3. The van der Waals surface area contributed by atoms with Crippen LogP contribution in [0.1, 0.15) is 64.2 Å². The van der Waals surface area contributed by atoms with Gasteiger partial charge in [0.05, 0.1) is 7.11 Å². The summed E-state index contributed by atoms with van der Waals surface area (Å²) in [5, 5.41) is 11.0. The first-order valence-electron chi connectivity index (χ1n) is 7.76. The van der Waals surface area contributed by atoms with E-state index in [4.69, 9.17) is 22.3 Å². The molecule has 0 saturated carbocycles. The van der Waals surface area contributed by atoms with Crippen LogP contribution in [0.15, 0.2) is 0 Å². The van der Waals surface area contributed by atoms with Crippen molar-refractivity contribution in [1.29, 1.82) is 0 Å². The summed E-state index contributed by atoms with van der Waals surface area (Å²) in [6, 6.07) is 0. The molecule has 0 fully saturated rings. The van der Waals surface area contributed by atoms with Crippen molar-refractivity contribution >= 4 is 17.6 Å². The van der Waals surface area contributed by atoms with Gasteiger partial charge < -0.3 is 4.74 Å². The molecule has 0 bridgehead atoms. The minimum absolute atomic E-state index is 0.133. The lowest BCUT2D eigenvalue weighted by molar-refractivity contribution is -0.140. The normalized spacial score (nSPS) is 11.9. The molecule has 6 heteroatoms. The predicted molar refractivity (Wildman–Crippen MR) is 83.9 cm³/mol. The molecule has 0 aromatic heterocycles. The standard InChI is InChI=1S/C15H30N4O2/c1-21-15(20)9-4-2-3-6-12(10-11-14(18)19)7-5-8-13(16)17/h12H,2-11H2,1H3,(H3,16,17)(H3,18,19)/p+2. The molecule has 1 atom stereocenters. The Morgan fingerprint density at radius 3 is 2.10 bits per heavy atom. The zero-order valence-electron chi connectivity index (χ0n) is 13.3.